The first kappa shape index (κ1) is 14.9. The highest BCUT2D eigenvalue weighted by molar-refractivity contribution is 7.86. The van der Waals surface area contributed by atoms with Gasteiger partial charge in [0.25, 0.3) is 10.1 Å². The van der Waals surface area contributed by atoms with E-state index in [2.05, 4.69) is 10.3 Å². The molecule has 0 amide bonds. The SMILES string of the molecule is O=S(=O)(O)c1ccc(N=NN2CCCCC2)c2ccccc12. The van der Waals surface area contributed by atoms with Gasteiger partial charge < -0.3 is 0 Å². The lowest BCUT2D eigenvalue weighted by Crippen LogP contribution is -2.23. The maximum Gasteiger partial charge on any atom is 0.295 e. The van der Waals surface area contributed by atoms with Crippen LogP contribution in [0.3, 0.4) is 0 Å². The Hall–Kier alpha value is -1.99. The Balaban J connectivity index is 2.02. The molecule has 1 heterocycles. The van der Waals surface area contributed by atoms with Crippen LogP contribution in [0.1, 0.15) is 19.3 Å². The van der Waals surface area contributed by atoms with Gasteiger partial charge in [-0.25, -0.2) is 0 Å². The number of fused-ring (bicyclic) bond motifs is 1. The number of rotatable bonds is 3. The van der Waals surface area contributed by atoms with Crippen molar-refractivity contribution < 1.29 is 13.0 Å². The minimum absolute atomic E-state index is 0.111. The highest BCUT2D eigenvalue weighted by Gasteiger charge is 2.15. The molecule has 1 aliphatic rings. The summed E-state index contributed by atoms with van der Waals surface area (Å²) in [5.41, 5.74) is 0.591. The second-order valence-electron chi connectivity index (χ2n) is 5.31. The van der Waals surface area contributed by atoms with E-state index in [0.717, 1.165) is 25.9 Å². The van der Waals surface area contributed by atoms with Crippen molar-refractivity contribution in [3.05, 3.63) is 36.4 Å². The maximum absolute atomic E-state index is 11.5. The molecular formula is C15H17N3O3S. The molecule has 0 radical (unpaired) electrons. The molecule has 0 saturated carbocycles. The summed E-state index contributed by atoms with van der Waals surface area (Å²) in [5.74, 6) is 0. The smallest absolute Gasteiger partial charge is 0.282 e. The van der Waals surface area contributed by atoms with Gasteiger partial charge >= 0.3 is 0 Å². The molecule has 0 aromatic heterocycles. The second-order valence-corrected chi connectivity index (χ2v) is 6.70. The highest BCUT2D eigenvalue weighted by atomic mass is 32.2. The Morgan fingerprint density at radius 1 is 0.955 bits per heavy atom. The molecule has 22 heavy (non-hydrogen) atoms. The molecular weight excluding hydrogens is 302 g/mol. The van der Waals surface area contributed by atoms with Crippen molar-refractivity contribution in [1.82, 2.24) is 5.01 Å². The van der Waals surface area contributed by atoms with E-state index in [1.165, 1.54) is 12.5 Å². The number of benzene rings is 2. The third-order valence-corrected chi connectivity index (χ3v) is 4.66. The summed E-state index contributed by atoms with van der Waals surface area (Å²) in [6.45, 7) is 1.79. The van der Waals surface area contributed by atoms with Crippen LogP contribution in [0.5, 0.6) is 0 Å². The Kier molecular flexibility index (Phi) is 4.08. The van der Waals surface area contributed by atoms with Crippen molar-refractivity contribution >= 4 is 26.6 Å². The van der Waals surface area contributed by atoms with E-state index < -0.39 is 10.1 Å². The third kappa shape index (κ3) is 3.10. The van der Waals surface area contributed by atoms with Crippen LogP contribution in [0.15, 0.2) is 51.6 Å². The van der Waals surface area contributed by atoms with Crippen LogP contribution < -0.4 is 0 Å². The molecule has 6 nitrogen and oxygen atoms in total. The molecule has 1 N–H and O–H groups in total. The summed E-state index contributed by atoms with van der Waals surface area (Å²) in [6, 6.07) is 9.88. The van der Waals surface area contributed by atoms with Crippen LogP contribution in [0, 0.1) is 0 Å². The molecule has 3 rings (SSSR count). The van der Waals surface area contributed by atoms with E-state index in [4.69, 9.17) is 0 Å². The van der Waals surface area contributed by atoms with Gasteiger partial charge in [0.15, 0.2) is 0 Å². The minimum atomic E-state index is -4.26. The fraction of sp³-hybridized carbons (Fsp3) is 0.333. The zero-order valence-corrected chi connectivity index (χ0v) is 12.8. The van der Waals surface area contributed by atoms with Gasteiger partial charge in [0.2, 0.25) is 0 Å². The number of nitrogens with zero attached hydrogens (tertiary/aromatic N) is 3. The summed E-state index contributed by atoms with van der Waals surface area (Å²) in [7, 11) is -4.26. The molecule has 116 valence electrons. The Morgan fingerprint density at radius 2 is 1.64 bits per heavy atom. The van der Waals surface area contributed by atoms with Crippen molar-refractivity contribution in [1.29, 1.82) is 0 Å². The standard InChI is InChI=1S/C15H17N3O3S/c19-22(20,21)15-9-8-14(12-6-2-3-7-13(12)15)16-17-18-10-4-1-5-11-18/h2-3,6-9H,1,4-5,10-11H2,(H,19,20,21). The van der Waals surface area contributed by atoms with Crippen LogP contribution >= 0.6 is 0 Å². The van der Waals surface area contributed by atoms with E-state index >= 15 is 0 Å². The molecule has 2 aromatic carbocycles. The van der Waals surface area contributed by atoms with Crippen LogP contribution in [0.2, 0.25) is 0 Å². The van der Waals surface area contributed by atoms with Crippen molar-refractivity contribution in [2.75, 3.05) is 13.1 Å². The molecule has 1 saturated heterocycles. The fourth-order valence-corrected chi connectivity index (χ4v) is 3.34. The highest BCUT2D eigenvalue weighted by Crippen LogP contribution is 2.31. The average Bonchev–Trinajstić information content (AvgIpc) is 2.52. The predicted molar refractivity (Wildman–Crippen MR) is 83.7 cm³/mol. The lowest BCUT2D eigenvalue weighted by atomic mass is 10.1. The van der Waals surface area contributed by atoms with Gasteiger partial charge in [-0.1, -0.05) is 29.5 Å². The fourth-order valence-electron chi connectivity index (χ4n) is 2.65. The summed E-state index contributed by atoms with van der Waals surface area (Å²) in [5, 5.41) is 11.5. The molecule has 2 aromatic rings. The first-order valence-corrected chi connectivity index (χ1v) is 8.65. The quantitative estimate of drug-likeness (QED) is 0.692. The van der Waals surface area contributed by atoms with E-state index in [9.17, 15) is 13.0 Å². The van der Waals surface area contributed by atoms with E-state index in [-0.39, 0.29) is 4.90 Å². The van der Waals surface area contributed by atoms with Crippen LogP contribution in [0.25, 0.3) is 10.8 Å². The van der Waals surface area contributed by atoms with Gasteiger partial charge in [0, 0.05) is 23.9 Å². The van der Waals surface area contributed by atoms with E-state index in [1.54, 1.807) is 30.3 Å². The van der Waals surface area contributed by atoms with Crippen molar-refractivity contribution in [3.63, 3.8) is 0 Å². The lowest BCUT2D eigenvalue weighted by molar-refractivity contribution is 0.224. The number of hydrogen-bond acceptors (Lipinski definition) is 4. The van der Waals surface area contributed by atoms with Gasteiger partial charge in [0.1, 0.15) is 4.90 Å². The van der Waals surface area contributed by atoms with Crippen molar-refractivity contribution in [3.8, 4) is 0 Å². The Morgan fingerprint density at radius 3 is 2.32 bits per heavy atom. The van der Waals surface area contributed by atoms with Crippen LogP contribution in [0.4, 0.5) is 5.69 Å². The topological polar surface area (TPSA) is 82.3 Å². The second kappa shape index (κ2) is 6.02. The summed E-state index contributed by atoms with van der Waals surface area (Å²) >= 11 is 0. The Labute approximate surface area is 129 Å². The summed E-state index contributed by atoms with van der Waals surface area (Å²) in [6.07, 6.45) is 3.45. The van der Waals surface area contributed by atoms with E-state index in [0.29, 0.717) is 16.5 Å². The van der Waals surface area contributed by atoms with Crippen molar-refractivity contribution in [2.45, 2.75) is 24.2 Å². The molecule has 0 spiro atoms. The molecule has 0 aliphatic carbocycles. The Bertz CT molecular complexity index is 812. The zero-order valence-electron chi connectivity index (χ0n) is 12.0. The molecule has 0 atom stereocenters. The molecule has 0 bridgehead atoms. The molecule has 0 unspecified atom stereocenters. The molecule has 1 fully saturated rings. The van der Waals surface area contributed by atoms with Gasteiger partial charge in [-0.05, 0) is 31.4 Å². The largest absolute Gasteiger partial charge is 0.295 e. The minimum Gasteiger partial charge on any atom is -0.282 e. The van der Waals surface area contributed by atoms with Gasteiger partial charge in [-0.3, -0.25) is 9.56 Å². The first-order valence-electron chi connectivity index (χ1n) is 7.21. The molecule has 7 heteroatoms. The summed E-state index contributed by atoms with van der Waals surface area (Å²) < 4.78 is 32.2. The van der Waals surface area contributed by atoms with Crippen LogP contribution in [-0.2, 0) is 10.1 Å². The first-order chi connectivity index (χ1) is 10.6. The van der Waals surface area contributed by atoms with E-state index in [1.807, 2.05) is 5.01 Å². The maximum atomic E-state index is 11.5. The molecule has 1 aliphatic heterocycles. The third-order valence-electron chi connectivity index (χ3n) is 3.75. The lowest BCUT2D eigenvalue weighted by Gasteiger charge is -2.21. The van der Waals surface area contributed by atoms with Gasteiger partial charge in [-0.2, -0.15) is 8.42 Å². The van der Waals surface area contributed by atoms with Gasteiger partial charge in [-0.15, -0.1) is 5.11 Å². The summed E-state index contributed by atoms with van der Waals surface area (Å²) in [4.78, 5) is -0.111. The zero-order chi connectivity index (χ0) is 15.6. The normalized spacial score (nSPS) is 16.5. The van der Waals surface area contributed by atoms with Crippen LogP contribution in [-0.4, -0.2) is 31.1 Å². The number of piperidine rings is 1. The van der Waals surface area contributed by atoms with Gasteiger partial charge in [0.05, 0.1) is 5.69 Å². The van der Waals surface area contributed by atoms with Crippen molar-refractivity contribution in [2.24, 2.45) is 10.3 Å². The number of hydrogen-bond donors (Lipinski definition) is 1. The average molecular weight is 319 g/mol. The monoisotopic (exact) mass is 319 g/mol. The predicted octanol–water partition coefficient (Wildman–Crippen LogP) is 3.57.